The van der Waals surface area contributed by atoms with Crippen molar-refractivity contribution in [2.75, 3.05) is 0 Å². The number of carbonyl (C=O) groups is 1. The Morgan fingerprint density at radius 3 is 2.06 bits per heavy atom. The third-order valence-corrected chi connectivity index (χ3v) is 4.36. The highest BCUT2D eigenvalue weighted by atomic mass is 19.2. The van der Waals surface area contributed by atoms with Crippen LogP contribution in [0.4, 0.5) is 30.7 Å². The Bertz CT molecular complexity index is 1140. The van der Waals surface area contributed by atoms with Crippen LogP contribution in [-0.4, -0.2) is 6.04 Å². The summed E-state index contributed by atoms with van der Waals surface area (Å²) in [5, 5.41) is 0. The molecule has 0 bridgehead atoms. The molecule has 8 heteroatoms. The van der Waals surface area contributed by atoms with Gasteiger partial charge in [-0.3, -0.25) is 4.79 Å². The summed E-state index contributed by atoms with van der Waals surface area (Å²) in [6.07, 6.45) is 4.68. The lowest BCUT2D eigenvalue weighted by Crippen LogP contribution is -1.97. The van der Waals surface area contributed by atoms with Crippen LogP contribution in [0, 0.1) is 34.9 Å². The number of rotatable bonds is 5. The highest BCUT2D eigenvalue weighted by Gasteiger charge is 2.13. The smallest absolute Gasteiger partial charge is 0.255 e. The van der Waals surface area contributed by atoms with Crippen molar-refractivity contribution < 1.29 is 35.5 Å². The third-order valence-electron chi connectivity index (χ3n) is 4.36. The van der Waals surface area contributed by atoms with E-state index in [-0.39, 0.29) is 16.7 Å². The van der Waals surface area contributed by atoms with E-state index in [1.54, 1.807) is 0 Å². The van der Waals surface area contributed by atoms with Crippen LogP contribution >= 0.6 is 0 Å². The fraction of sp³-hybridized carbons (Fsp3) is 0.125. The molecular weight excluding hydrogens is 437 g/mol. The van der Waals surface area contributed by atoms with Crippen molar-refractivity contribution in [1.82, 2.24) is 0 Å². The van der Waals surface area contributed by atoms with Crippen LogP contribution in [0.5, 0.6) is 0 Å². The van der Waals surface area contributed by atoms with E-state index in [1.807, 2.05) is 19.1 Å². The molecule has 0 aliphatic carbocycles. The zero-order chi connectivity index (χ0) is 23.8. The molecule has 0 fully saturated rings. The molecule has 3 aromatic carbocycles. The first-order valence-corrected chi connectivity index (χ1v) is 9.34. The van der Waals surface area contributed by atoms with Gasteiger partial charge in [0.1, 0.15) is 5.82 Å². The molecular formula is C24H17F7O. The lowest BCUT2D eigenvalue weighted by molar-refractivity contribution is 0.0835. The van der Waals surface area contributed by atoms with E-state index >= 15 is 0 Å². The maximum absolute atomic E-state index is 13.6. The standard InChI is InChI=1S/C13H6F4O.C11H11F3/c14-10-4-2-7(5-12(10)16)9-3-1-8(13(17)18)6-11(9)15;1-2-3-4-5-8-6-7-9(12)11(14)10(8)13/h1-6H;2-3,6-7H,4-5H2,1H3/b;3-2+. The molecule has 0 saturated heterocycles. The SMILES string of the molecule is C/C=C/CCc1ccc(F)c(F)c1F.O=C(F)c1ccc(-c2ccc(F)c(F)c2)c(F)c1. The summed E-state index contributed by atoms with van der Waals surface area (Å²) in [7, 11) is 0. The minimum absolute atomic E-state index is 0.0427. The van der Waals surface area contributed by atoms with Gasteiger partial charge in [-0.25, -0.2) is 26.3 Å². The average molecular weight is 454 g/mol. The van der Waals surface area contributed by atoms with Crippen LogP contribution < -0.4 is 0 Å². The quantitative estimate of drug-likeness (QED) is 0.169. The molecule has 3 aromatic rings. The minimum Gasteiger partial charge on any atom is -0.255 e. The zero-order valence-corrected chi connectivity index (χ0v) is 16.7. The summed E-state index contributed by atoms with van der Waals surface area (Å²) in [5.41, 5.74) is -0.163. The van der Waals surface area contributed by atoms with Crippen LogP contribution in [0.15, 0.2) is 60.7 Å². The van der Waals surface area contributed by atoms with E-state index < -0.39 is 46.5 Å². The minimum atomic E-state index is -1.76. The third kappa shape index (κ3) is 6.29. The Kier molecular flexibility index (Phi) is 8.75. The largest absolute Gasteiger partial charge is 0.332 e. The van der Waals surface area contributed by atoms with Gasteiger partial charge < -0.3 is 0 Å². The van der Waals surface area contributed by atoms with Gasteiger partial charge in [-0.1, -0.05) is 30.4 Å². The van der Waals surface area contributed by atoms with E-state index in [0.29, 0.717) is 18.9 Å². The maximum Gasteiger partial charge on any atom is 0.332 e. The lowest BCUT2D eigenvalue weighted by Gasteiger charge is -2.05. The van der Waals surface area contributed by atoms with Crippen molar-refractivity contribution in [1.29, 1.82) is 0 Å². The fourth-order valence-electron chi connectivity index (χ4n) is 2.70. The molecule has 0 aliphatic rings. The summed E-state index contributed by atoms with van der Waals surface area (Å²) in [4.78, 5) is 10.4. The maximum atomic E-state index is 13.6. The van der Waals surface area contributed by atoms with E-state index in [9.17, 15) is 35.5 Å². The molecule has 168 valence electrons. The first kappa shape index (κ1) is 24.8. The fourth-order valence-corrected chi connectivity index (χ4v) is 2.70. The van der Waals surface area contributed by atoms with Crippen molar-refractivity contribution in [2.24, 2.45) is 0 Å². The Labute approximate surface area is 179 Å². The van der Waals surface area contributed by atoms with Crippen molar-refractivity contribution >= 4 is 6.04 Å². The molecule has 0 aromatic heterocycles. The Morgan fingerprint density at radius 1 is 0.781 bits per heavy atom. The summed E-state index contributed by atoms with van der Waals surface area (Å²) in [6.45, 7) is 1.85. The Morgan fingerprint density at radius 2 is 1.47 bits per heavy atom. The van der Waals surface area contributed by atoms with Crippen LogP contribution in [0.2, 0.25) is 0 Å². The number of carbonyl (C=O) groups excluding carboxylic acids is 1. The zero-order valence-electron chi connectivity index (χ0n) is 16.7. The summed E-state index contributed by atoms with van der Waals surface area (Å²) >= 11 is 0. The number of allylic oxidation sites excluding steroid dienone is 2. The number of benzene rings is 3. The second-order valence-corrected chi connectivity index (χ2v) is 6.54. The normalized spacial score (nSPS) is 10.8. The van der Waals surface area contributed by atoms with Crippen LogP contribution in [-0.2, 0) is 6.42 Å². The van der Waals surface area contributed by atoms with Gasteiger partial charge in [0.05, 0.1) is 5.56 Å². The molecule has 32 heavy (non-hydrogen) atoms. The highest BCUT2D eigenvalue weighted by Crippen LogP contribution is 2.25. The predicted octanol–water partition coefficient (Wildman–Crippen LogP) is 7.49. The molecule has 0 amide bonds. The molecule has 0 radical (unpaired) electrons. The van der Waals surface area contributed by atoms with E-state index in [0.717, 1.165) is 30.3 Å². The topological polar surface area (TPSA) is 17.1 Å². The van der Waals surface area contributed by atoms with Gasteiger partial charge in [-0.05, 0) is 61.2 Å². The molecule has 0 saturated carbocycles. The van der Waals surface area contributed by atoms with Crippen LogP contribution in [0.3, 0.4) is 0 Å². The van der Waals surface area contributed by atoms with E-state index in [2.05, 4.69) is 0 Å². The second kappa shape index (κ2) is 11.3. The van der Waals surface area contributed by atoms with Gasteiger partial charge in [-0.2, -0.15) is 4.39 Å². The van der Waals surface area contributed by atoms with Crippen molar-refractivity contribution in [2.45, 2.75) is 19.8 Å². The molecule has 0 unspecified atom stereocenters. The molecule has 1 nitrogen and oxygen atoms in total. The number of halogens is 7. The van der Waals surface area contributed by atoms with Gasteiger partial charge in [0.25, 0.3) is 0 Å². The van der Waals surface area contributed by atoms with Crippen molar-refractivity contribution in [3.63, 3.8) is 0 Å². The number of aryl methyl sites for hydroxylation is 1. The molecule has 0 heterocycles. The first-order chi connectivity index (χ1) is 15.1. The molecule has 0 atom stereocenters. The summed E-state index contributed by atoms with van der Waals surface area (Å²) in [6, 6.07) is 6.25. The van der Waals surface area contributed by atoms with Gasteiger partial charge >= 0.3 is 6.04 Å². The molecule has 0 spiro atoms. The van der Waals surface area contributed by atoms with Crippen LogP contribution in [0.1, 0.15) is 29.3 Å². The predicted molar refractivity (Wildman–Crippen MR) is 107 cm³/mol. The number of hydrogen-bond donors (Lipinski definition) is 0. The van der Waals surface area contributed by atoms with Gasteiger partial charge in [-0.15, -0.1) is 0 Å². The average Bonchev–Trinajstić information content (AvgIpc) is 2.76. The van der Waals surface area contributed by atoms with Crippen molar-refractivity contribution in [3.05, 3.63) is 107 Å². The van der Waals surface area contributed by atoms with E-state index in [4.69, 9.17) is 0 Å². The summed E-state index contributed by atoms with van der Waals surface area (Å²) < 4.78 is 90.0. The number of hydrogen-bond acceptors (Lipinski definition) is 1. The summed E-state index contributed by atoms with van der Waals surface area (Å²) in [5.74, 6) is -6.65. The highest BCUT2D eigenvalue weighted by molar-refractivity contribution is 5.89. The first-order valence-electron chi connectivity index (χ1n) is 9.34. The molecule has 0 N–H and O–H groups in total. The van der Waals surface area contributed by atoms with Crippen molar-refractivity contribution in [3.8, 4) is 11.1 Å². The monoisotopic (exact) mass is 454 g/mol. The molecule has 0 aliphatic heterocycles. The molecule has 3 rings (SSSR count). The second-order valence-electron chi connectivity index (χ2n) is 6.54. The van der Waals surface area contributed by atoms with Gasteiger partial charge in [0, 0.05) is 5.56 Å². The van der Waals surface area contributed by atoms with E-state index in [1.165, 1.54) is 12.1 Å². The van der Waals surface area contributed by atoms with Crippen LogP contribution in [0.25, 0.3) is 11.1 Å². The Hall–Kier alpha value is -3.42. The lowest BCUT2D eigenvalue weighted by atomic mass is 10.0. The van der Waals surface area contributed by atoms with Gasteiger partial charge in [0.15, 0.2) is 29.1 Å². The Balaban J connectivity index is 0.000000235. The van der Waals surface area contributed by atoms with Gasteiger partial charge in [0.2, 0.25) is 0 Å².